The Morgan fingerprint density at radius 2 is 2.12 bits per heavy atom. The van der Waals surface area contributed by atoms with E-state index in [2.05, 4.69) is 5.32 Å². The van der Waals surface area contributed by atoms with Crippen molar-refractivity contribution in [3.63, 3.8) is 0 Å². The number of hydrogen-bond acceptors (Lipinski definition) is 3. The SMILES string of the molecule is CCC(C)(O)NCO. The fraction of sp³-hybridized carbons (Fsp3) is 1.00. The molecule has 1 unspecified atom stereocenters. The second-order valence-electron chi connectivity index (χ2n) is 1.96. The van der Waals surface area contributed by atoms with Crippen LogP contribution in [0.15, 0.2) is 0 Å². The van der Waals surface area contributed by atoms with Crippen LogP contribution in [-0.2, 0) is 0 Å². The quantitative estimate of drug-likeness (QED) is 0.445. The summed E-state index contributed by atoms with van der Waals surface area (Å²) in [4.78, 5) is 0. The van der Waals surface area contributed by atoms with Gasteiger partial charge in [0.05, 0.1) is 6.73 Å². The zero-order valence-corrected chi connectivity index (χ0v) is 5.31. The molecule has 0 radical (unpaired) electrons. The first-order valence-corrected chi connectivity index (χ1v) is 2.70. The van der Waals surface area contributed by atoms with E-state index in [0.717, 1.165) is 0 Å². The lowest BCUT2D eigenvalue weighted by atomic mass is 10.2. The first-order valence-electron chi connectivity index (χ1n) is 2.70. The van der Waals surface area contributed by atoms with Crippen LogP contribution in [0.1, 0.15) is 20.3 Å². The molecular formula is C5H13NO2. The van der Waals surface area contributed by atoms with Gasteiger partial charge < -0.3 is 10.2 Å². The zero-order valence-electron chi connectivity index (χ0n) is 5.31. The molecule has 0 rings (SSSR count). The number of nitrogens with one attached hydrogen (secondary N) is 1. The molecule has 0 aliphatic heterocycles. The molecule has 0 saturated carbocycles. The third-order valence-electron chi connectivity index (χ3n) is 1.15. The molecule has 0 amide bonds. The van der Waals surface area contributed by atoms with Gasteiger partial charge in [-0.1, -0.05) is 6.92 Å². The molecule has 0 spiro atoms. The first-order chi connectivity index (χ1) is 3.62. The van der Waals surface area contributed by atoms with Crippen molar-refractivity contribution in [2.75, 3.05) is 6.73 Å². The maximum absolute atomic E-state index is 9.05. The van der Waals surface area contributed by atoms with Crippen LogP contribution < -0.4 is 5.32 Å². The molecule has 8 heavy (non-hydrogen) atoms. The van der Waals surface area contributed by atoms with Gasteiger partial charge in [-0.25, -0.2) is 0 Å². The Morgan fingerprint density at radius 3 is 2.25 bits per heavy atom. The summed E-state index contributed by atoms with van der Waals surface area (Å²) in [5.41, 5.74) is -0.908. The Bertz CT molecular complexity index is 63.4. The molecule has 0 aliphatic carbocycles. The molecule has 0 aliphatic rings. The van der Waals surface area contributed by atoms with Gasteiger partial charge in [0.2, 0.25) is 0 Å². The summed E-state index contributed by atoms with van der Waals surface area (Å²) in [5, 5.41) is 19.8. The van der Waals surface area contributed by atoms with Crippen LogP contribution in [0.25, 0.3) is 0 Å². The molecule has 0 saturated heterocycles. The van der Waals surface area contributed by atoms with Gasteiger partial charge >= 0.3 is 0 Å². The predicted molar refractivity (Wildman–Crippen MR) is 31.1 cm³/mol. The first kappa shape index (κ1) is 7.88. The summed E-state index contributed by atoms with van der Waals surface area (Å²) in [6.07, 6.45) is 0.591. The number of rotatable bonds is 3. The standard InChI is InChI=1S/C5H13NO2/c1-3-5(2,8)6-4-7/h6-8H,3-4H2,1-2H3. The summed E-state index contributed by atoms with van der Waals surface area (Å²) >= 11 is 0. The monoisotopic (exact) mass is 119 g/mol. The number of aliphatic hydroxyl groups is 2. The summed E-state index contributed by atoms with van der Waals surface area (Å²) in [6.45, 7) is 3.27. The molecule has 50 valence electrons. The average molecular weight is 119 g/mol. The highest BCUT2D eigenvalue weighted by Crippen LogP contribution is 2.00. The topological polar surface area (TPSA) is 52.5 Å². The van der Waals surface area contributed by atoms with Gasteiger partial charge in [0.15, 0.2) is 0 Å². The van der Waals surface area contributed by atoms with E-state index in [4.69, 9.17) is 10.2 Å². The predicted octanol–water partition coefficient (Wildman–Crippen LogP) is -0.356. The third-order valence-corrected chi connectivity index (χ3v) is 1.15. The minimum Gasteiger partial charge on any atom is -0.381 e. The van der Waals surface area contributed by atoms with Crippen LogP contribution in [0.5, 0.6) is 0 Å². The van der Waals surface area contributed by atoms with Crippen LogP contribution in [0.4, 0.5) is 0 Å². The van der Waals surface area contributed by atoms with Crippen molar-refractivity contribution in [2.24, 2.45) is 0 Å². The van der Waals surface area contributed by atoms with Crippen molar-refractivity contribution < 1.29 is 10.2 Å². The lowest BCUT2D eigenvalue weighted by Gasteiger charge is -2.20. The van der Waals surface area contributed by atoms with Crippen LogP contribution >= 0.6 is 0 Å². The van der Waals surface area contributed by atoms with Crippen molar-refractivity contribution in [2.45, 2.75) is 26.0 Å². The summed E-state index contributed by atoms with van der Waals surface area (Å²) in [6, 6.07) is 0. The molecule has 3 heteroatoms. The highest BCUT2D eigenvalue weighted by molar-refractivity contribution is 4.62. The van der Waals surface area contributed by atoms with E-state index in [0.29, 0.717) is 6.42 Å². The highest BCUT2D eigenvalue weighted by atomic mass is 16.3. The maximum atomic E-state index is 9.05. The molecule has 0 aromatic heterocycles. The van der Waals surface area contributed by atoms with Gasteiger partial charge in [0.25, 0.3) is 0 Å². The van der Waals surface area contributed by atoms with E-state index >= 15 is 0 Å². The van der Waals surface area contributed by atoms with E-state index in [9.17, 15) is 0 Å². The largest absolute Gasteiger partial charge is 0.381 e. The molecule has 0 aromatic carbocycles. The van der Waals surface area contributed by atoms with E-state index in [1.807, 2.05) is 6.92 Å². The van der Waals surface area contributed by atoms with Crippen LogP contribution in [0, 0.1) is 0 Å². The van der Waals surface area contributed by atoms with Crippen molar-refractivity contribution in [1.82, 2.24) is 5.32 Å². The molecule has 0 aromatic rings. The Hall–Kier alpha value is -0.120. The molecule has 0 heterocycles. The number of hydrogen-bond donors (Lipinski definition) is 3. The normalized spacial score (nSPS) is 18.0. The molecule has 0 fully saturated rings. The fourth-order valence-electron chi connectivity index (χ4n) is 0.295. The van der Waals surface area contributed by atoms with Crippen molar-refractivity contribution in [1.29, 1.82) is 0 Å². The Labute approximate surface area is 49.3 Å². The van der Waals surface area contributed by atoms with Crippen LogP contribution in [0.2, 0.25) is 0 Å². The fourth-order valence-corrected chi connectivity index (χ4v) is 0.295. The lowest BCUT2D eigenvalue weighted by molar-refractivity contribution is -0.00232. The van der Waals surface area contributed by atoms with Gasteiger partial charge in [0, 0.05) is 0 Å². The number of aliphatic hydroxyl groups excluding tert-OH is 1. The van der Waals surface area contributed by atoms with Crippen LogP contribution in [0.3, 0.4) is 0 Å². The summed E-state index contributed by atoms with van der Waals surface area (Å²) < 4.78 is 0. The van der Waals surface area contributed by atoms with Crippen molar-refractivity contribution in [3.8, 4) is 0 Å². The van der Waals surface area contributed by atoms with E-state index in [-0.39, 0.29) is 6.73 Å². The Kier molecular flexibility index (Phi) is 2.97. The Balaban J connectivity index is 3.37. The maximum Gasteiger partial charge on any atom is 0.114 e. The molecular weight excluding hydrogens is 106 g/mol. The van der Waals surface area contributed by atoms with Crippen molar-refractivity contribution in [3.05, 3.63) is 0 Å². The molecule has 1 atom stereocenters. The summed E-state index contributed by atoms with van der Waals surface area (Å²) in [5.74, 6) is 0. The van der Waals surface area contributed by atoms with E-state index < -0.39 is 5.72 Å². The molecule has 0 bridgehead atoms. The van der Waals surface area contributed by atoms with Crippen molar-refractivity contribution >= 4 is 0 Å². The van der Waals surface area contributed by atoms with E-state index in [1.54, 1.807) is 6.92 Å². The van der Waals surface area contributed by atoms with Gasteiger partial charge in [-0.3, -0.25) is 5.32 Å². The second kappa shape index (κ2) is 3.02. The van der Waals surface area contributed by atoms with Gasteiger partial charge in [-0.2, -0.15) is 0 Å². The Morgan fingerprint density at radius 1 is 1.62 bits per heavy atom. The van der Waals surface area contributed by atoms with Gasteiger partial charge in [-0.15, -0.1) is 0 Å². The second-order valence-corrected chi connectivity index (χ2v) is 1.96. The molecule has 3 N–H and O–H groups in total. The third kappa shape index (κ3) is 2.96. The smallest absolute Gasteiger partial charge is 0.114 e. The van der Waals surface area contributed by atoms with Crippen LogP contribution in [-0.4, -0.2) is 22.7 Å². The lowest BCUT2D eigenvalue weighted by Crippen LogP contribution is -2.41. The molecule has 3 nitrogen and oxygen atoms in total. The summed E-state index contributed by atoms with van der Waals surface area (Å²) in [7, 11) is 0. The highest BCUT2D eigenvalue weighted by Gasteiger charge is 2.13. The zero-order chi connectivity index (χ0) is 6.62. The van der Waals surface area contributed by atoms with E-state index in [1.165, 1.54) is 0 Å². The minimum absolute atomic E-state index is 0.180. The van der Waals surface area contributed by atoms with Gasteiger partial charge in [0.1, 0.15) is 5.72 Å². The average Bonchev–Trinajstić information content (AvgIpc) is 1.67. The minimum atomic E-state index is -0.908. The van der Waals surface area contributed by atoms with Gasteiger partial charge in [-0.05, 0) is 13.3 Å².